The number of carbonyl (C=O) groups is 1. The Hall–Kier alpha value is -2.28. The number of anilines is 1. The second kappa shape index (κ2) is 7.95. The Bertz CT molecular complexity index is 751. The molecule has 6 nitrogen and oxygen atoms in total. The zero-order valence-corrected chi connectivity index (χ0v) is 14.8. The third-order valence-electron chi connectivity index (χ3n) is 5.23. The molecule has 1 amide bonds. The average Bonchev–Trinajstić information content (AvgIpc) is 3.16. The van der Waals surface area contributed by atoms with Crippen molar-refractivity contribution >= 4 is 11.6 Å². The lowest BCUT2D eigenvalue weighted by atomic mass is 9.96. The molecule has 2 atom stereocenters. The zero-order valence-electron chi connectivity index (χ0n) is 14.8. The van der Waals surface area contributed by atoms with Crippen molar-refractivity contribution in [1.29, 1.82) is 0 Å². The van der Waals surface area contributed by atoms with E-state index in [1.807, 2.05) is 29.3 Å². The van der Waals surface area contributed by atoms with E-state index < -0.39 is 0 Å². The summed E-state index contributed by atoms with van der Waals surface area (Å²) in [6.07, 6.45) is 5.77. The molecule has 1 aromatic carbocycles. The van der Waals surface area contributed by atoms with E-state index in [0.717, 1.165) is 38.2 Å². The minimum absolute atomic E-state index is 0.147. The van der Waals surface area contributed by atoms with Crippen LogP contribution in [-0.4, -0.2) is 37.1 Å². The van der Waals surface area contributed by atoms with E-state index in [4.69, 9.17) is 0 Å². The molecular weight excluding hydrogens is 326 g/mol. The molecule has 0 aliphatic carbocycles. The molecule has 1 saturated heterocycles. The van der Waals surface area contributed by atoms with Crippen molar-refractivity contribution in [2.45, 2.75) is 18.9 Å². The zero-order chi connectivity index (χ0) is 17.8. The summed E-state index contributed by atoms with van der Waals surface area (Å²) in [5, 5.41) is 3.36. The number of para-hydroxylation sites is 1. The van der Waals surface area contributed by atoms with Gasteiger partial charge in [-0.25, -0.2) is 5.43 Å². The first-order valence-corrected chi connectivity index (χ1v) is 9.30. The molecule has 0 spiro atoms. The van der Waals surface area contributed by atoms with Crippen LogP contribution in [-0.2, 0) is 11.2 Å². The second-order valence-electron chi connectivity index (χ2n) is 6.96. The number of rotatable bonds is 5. The maximum Gasteiger partial charge on any atom is 0.240 e. The molecule has 0 saturated carbocycles. The smallest absolute Gasteiger partial charge is 0.240 e. The molecule has 3 N–H and O–H groups in total. The van der Waals surface area contributed by atoms with Crippen molar-refractivity contribution in [2.75, 3.05) is 31.1 Å². The SMILES string of the molecule is O=C(CNCC1CNNC1c1cccnc1)N1CCCc2ccccc21. The van der Waals surface area contributed by atoms with Crippen LogP contribution in [0.3, 0.4) is 0 Å². The molecule has 0 bridgehead atoms. The Morgan fingerprint density at radius 3 is 3.08 bits per heavy atom. The van der Waals surface area contributed by atoms with Crippen molar-refractivity contribution in [1.82, 2.24) is 21.2 Å². The standard InChI is InChI=1S/C20H25N5O/c26-19(25-10-4-7-15-5-1-2-8-18(15)25)14-22-12-17-13-23-24-20(17)16-6-3-9-21-11-16/h1-3,5-6,8-9,11,17,20,22-24H,4,7,10,12-14H2. The summed E-state index contributed by atoms with van der Waals surface area (Å²) < 4.78 is 0. The van der Waals surface area contributed by atoms with Crippen LogP contribution < -0.4 is 21.1 Å². The van der Waals surface area contributed by atoms with Crippen molar-refractivity contribution in [3.8, 4) is 0 Å². The average molecular weight is 351 g/mol. The Balaban J connectivity index is 1.33. The van der Waals surface area contributed by atoms with E-state index >= 15 is 0 Å². The largest absolute Gasteiger partial charge is 0.311 e. The number of hydrogen-bond donors (Lipinski definition) is 3. The molecule has 2 aliphatic heterocycles. The summed E-state index contributed by atoms with van der Waals surface area (Å²) >= 11 is 0. The van der Waals surface area contributed by atoms with Crippen molar-refractivity contribution in [2.24, 2.45) is 5.92 Å². The molecule has 136 valence electrons. The lowest BCUT2D eigenvalue weighted by Crippen LogP contribution is -2.42. The number of benzene rings is 1. The fraction of sp³-hybridized carbons (Fsp3) is 0.400. The first-order valence-electron chi connectivity index (χ1n) is 9.30. The molecule has 1 fully saturated rings. The van der Waals surface area contributed by atoms with Crippen LogP contribution in [0.15, 0.2) is 48.8 Å². The van der Waals surface area contributed by atoms with Crippen molar-refractivity contribution in [3.63, 3.8) is 0 Å². The number of hydrogen-bond acceptors (Lipinski definition) is 5. The van der Waals surface area contributed by atoms with Gasteiger partial charge in [0.15, 0.2) is 0 Å². The molecule has 2 aliphatic rings. The third-order valence-corrected chi connectivity index (χ3v) is 5.23. The van der Waals surface area contributed by atoms with Gasteiger partial charge in [-0.2, -0.15) is 0 Å². The highest BCUT2D eigenvalue weighted by molar-refractivity contribution is 5.95. The van der Waals surface area contributed by atoms with Crippen LogP contribution in [0.1, 0.15) is 23.6 Å². The summed E-state index contributed by atoms with van der Waals surface area (Å²) in [5.41, 5.74) is 10.0. The van der Waals surface area contributed by atoms with Gasteiger partial charge >= 0.3 is 0 Å². The minimum atomic E-state index is 0.147. The highest BCUT2D eigenvalue weighted by Gasteiger charge is 2.28. The van der Waals surface area contributed by atoms with Gasteiger partial charge in [-0.15, -0.1) is 0 Å². The number of aryl methyl sites for hydroxylation is 1. The topological polar surface area (TPSA) is 69.3 Å². The summed E-state index contributed by atoms with van der Waals surface area (Å²) in [6.45, 7) is 2.82. The number of fused-ring (bicyclic) bond motifs is 1. The van der Waals surface area contributed by atoms with Gasteiger partial charge in [0.05, 0.1) is 12.6 Å². The molecule has 2 aromatic rings. The Kier molecular flexibility index (Phi) is 5.24. The van der Waals surface area contributed by atoms with Crippen LogP contribution in [0.5, 0.6) is 0 Å². The maximum absolute atomic E-state index is 12.7. The molecule has 26 heavy (non-hydrogen) atoms. The fourth-order valence-electron chi connectivity index (χ4n) is 3.89. The van der Waals surface area contributed by atoms with Gasteiger partial charge in [-0.05, 0) is 36.1 Å². The quantitative estimate of drug-likeness (QED) is 0.760. The molecule has 2 unspecified atom stereocenters. The Morgan fingerprint density at radius 1 is 1.27 bits per heavy atom. The third kappa shape index (κ3) is 3.62. The van der Waals surface area contributed by atoms with Gasteiger partial charge in [-0.1, -0.05) is 24.3 Å². The highest BCUT2D eigenvalue weighted by Crippen LogP contribution is 2.27. The number of nitrogens with one attached hydrogen (secondary N) is 3. The van der Waals surface area contributed by atoms with Gasteiger partial charge in [-0.3, -0.25) is 15.2 Å². The van der Waals surface area contributed by atoms with E-state index in [-0.39, 0.29) is 11.9 Å². The van der Waals surface area contributed by atoms with Crippen LogP contribution in [0.4, 0.5) is 5.69 Å². The lowest BCUT2D eigenvalue weighted by Gasteiger charge is -2.29. The molecule has 4 rings (SSSR count). The predicted molar refractivity (Wildman–Crippen MR) is 102 cm³/mol. The number of carbonyl (C=O) groups excluding carboxylic acids is 1. The normalized spacial score (nSPS) is 22.2. The number of hydrazine groups is 1. The van der Waals surface area contributed by atoms with Gasteiger partial charge in [0.25, 0.3) is 0 Å². The highest BCUT2D eigenvalue weighted by atomic mass is 16.2. The second-order valence-corrected chi connectivity index (χ2v) is 6.96. The number of nitrogens with zero attached hydrogens (tertiary/aromatic N) is 2. The predicted octanol–water partition coefficient (Wildman–Crippen LogP) is 1.42. The molecule has 3 heterocycles. The van der Waals surface area contributed by atoms with E-state index in [1.165, 1.54) is 11.1 Å². The number of amides is 1. The minimum Gasteiger partial charge on any atom is -0.311 e. The van der Waals surface area contributed by atoms with E-state index in [2.05, 4.69) is 39.4 Å². The molecule has 6 heteroatoms. The maximum atomic E-state index is 12.7. The van der Waals surface area contributed by atoms with Crippen molar-refractivity contribution < 1.29 is 4.79 Å². The summed E-state index contributed by atoms with van der Waals surface area (Å²) in [6, 6.07) is 12.5. The fourth-order valence-corrected chi connectivity index (χ4v) is 3.89. The molecule has 0 radical (unpaired) electrons. The Labute approximate surface area is 154 Å². The molecular formula is C20H25N5O. The summed E-state index contributed by atoms with van der Waals surface area (Å²) in [5.74, 6) is 0.523. The van der Waals surface area contributed by atoms with Gasteiger partial charge in [0.2, 0.25) is 5.91 Å². The monoisotopic (exact) mass is 351 g/mol. The summed E-state index contributed by atoms with van der Waals surface area (Å²) in [7, 11) is 0. The van der Waals surface area contributed by atoms with Crippen LogP contribution >= 0.6 is 0 Å². The van der Waals surface area contributed by atoms with Crippen LogP contribution in [0, 0.1) is 5.92 Å². The first-order chi connectivity index (χ1) is 12.8. The Morgan fingerprint density at radius 2 is 2.19 bits per heavy atom. The van der Waals surface area contributed by atoms with E-state index in [0.29, 0.717) is 12.5 Å². The van der Waals surface area contributed by atoms with Crippen molar-refractivity contribution in [3.05, 3.63) is 59.9 Å². The van der Waals surface area contributed by atoms with E-state index in [9.17, 15) is 4.79 Å². The number of pyridine rings is 1. The van der Waals surface area contributed by atoms with Gasteiger partial charge < -0.3 is 10.2 Å². The summed E-state index contributed by atoms with van der Waals surface area (Å²) in [4.78, 5) is 18.8. The lowest BCUT2D eigenvalue weighted by molar-refractivity contribution is -0.117. The van der Waals surface area contributed by atoms with Crippen LogP contribution in [0.25, 0.3) is 0 Å². The van der Waals surface area contributed by atoms with E-state index in [1.54, 1.807) is 6.20 Å². The van der Waals surface area contributed by atoms with Gasteiger partial charge in [0, 0.05) is 43.6 Å². The number of aromatic nitrogens is 1. The van der Waals surface area contributed by atoms with Gasteiger partial charge in [0.1, 0.15) is 0 Å². The molecule has 1 aromatic heterocycles. The first kappa shape index (κ1) is 17.1. The van der Waals surface area contributed by atoms with Crippen LogP contribution in [0.2, 0.25) is 0 Å².